The first-order valence-corrected chi connectivity index (χ1v) is 22.9. The number of methoxy groups -OCH3 is 2. The Morgan fingerprint density at radius 3 is 1.44 bits per heavy atom. The Balaban J connectivity index is 1.27. The smallest absolute Gasteiger partial charge is 0.220 e. The van der Waals surface area contributed by atoms with E-state index in [1.54, 1.807) is 13.8 Å². The lowest BCUT2D eigenvalue weighted by molar-refractivity contribution is -0.471. The fourth-order valence-corrected chi connectivity index (χ4v) is 9.21. The average molecular weight is 998 g/mol. The van der Waals surface area contributed by atoms with Crippen molar-refractivity contribution in [2.24, 2.45) is 25.6 Å². The highest BCUT2D eigenvalue weighted by Gasteiger charge is 2.63. The van der Waals surface area contributed by atoms with Gasteiger partial charge in [-0.1, -0.05) is 117 Å². The molecule has 17 atom stereocenters. The predicted octanol–water partition coefficient (Wildman–Crippen LogP) is 7.89. The molecule has 0 bridgehead atoms. The lowest BCUT2D eigenvalue weighted by atomic mass is 9.84. The summed E-state index contributed by atoms with van der Waals surface area (Å²) in [5, 5.41) is 32.0. The number of hydrogen-bond acceptors (Lipinski definition) is 17. The summed E-state index contributed by atoms with van der Waals surface area (Å²) in [4.78, 5) is 15.0. The van der Waals surface area contributed by atoms with Gasteiger partial charge in [0.1, 0.15) is 42.7 Å². The number of fused-ring (bicyclic) bond motifs is 1. The lowest BCUT2D eigenvalue weighted by Crippen LogP contribution is -2.73. The highest BCUT2D eigenvalue weighted by atomic mass is 16.8. The molecule has 0 spiro atoms. The summed E-state index contributed by atoms with van der Waals surface area (Å²) >= 11 is 0. The molecule has 3 aromatic rings. The molecular weight excluding hydrogens is 943 g/mol. The van der Waals surface area contributed by atoms with Gasteiger partial charge in [0.25, 0.3) is 0 Å². The first-order chi connectivity index (χ1) is 35.0. The molecule has 7 rings (SSSR count). The first-order valence-electron chi connectivity index (χ1n) is 22.9. The van der Waals surface area contributed by atoms with Crippen LogP contribution in [0, 0.1) is 0 Å². The van der Waals surface area contributed by atoms with Gasteiger partial charge in [-0.05, 0) is 64.6 Å². The summed E-state index contributed by atoms with van der Waals surface area (Å²) in [5.41, 5.74) is 51.0. The van der Waals surface area contributed by atoms with Crippen LogP contribution < -0.4 is 0 Å². The van der Waals surface area contributed by atoms with Gasteiger partial charge in [0.15, 0.2) is 12.6 Å². The van der Waals surface area contributed by atoms with Gasteiger partial charge in [0.2, 0.25) is 11.6 Å². The van der Waals surface area contributed by atoms with E-state index < -0.39 is 103 Å². The van der Waals surface area contributed by atoms with Gasteiger partial charge in [-0.2, -0.15) is 0 Å². The Bertz CT molecular complexity index is 2480. The largest absolute Gasteiger partial charge is 0.388 e. The minimum atomic E-state index is -1.84. The summed E-state index contributed by atoms with van der Waals surface area (Å²) in [6.07, 6.45) is -16.0. The number of rotatable bonds is 22. The topological polar surface area (TPSA) is 366 Å². The van der Waals surface area contributed by atoms with Crippen LogP contribution in [0.4, 0.5) is 0 Å². The van der Waals surface area contributed by atoms with Crippen LogP contribution in [0.5, 0.6) is 0 Å². The van der Waals surface area contributed by atoms with E-state index in [4.69, 9.17) is 52.1 Å². The van der Waals surface area contributed by atoms with Crippen LogP contribution in [0.15, 0.2) is 117 Å². The molecule has 27 nitrogen and oxygen atoms in total. The van der Waals surface area contributed by atoms with Crippen molar-refractivity contribution >= 4 is 0 Å². The molecule has 0 amide bonds. The quantitative estimate of drug-likeness (QED) is 0.0570. The molecule has 0 aromatic heterocycles. The van der Waals surface area contributed by atoms with E-state index in [2.05, 4.69) is 50.1 Å². The Labute approximate surface area is 412 Å². The summed E-state index contributed by atoms with van der Waals surface area (Å²) in [6, 6.07) is 24.1. The third-order valence-electron chi connectivity index (χ3n) is 13.1. The van der Waals surface area contributed by atoms with Crippen molar-refractivity contribution in [2.45, 2.75) is 143 Å². The van der Waals surface area contributed by atoms with Crippen LogP contribution in [0.25, 0.3) is 52.2 Å². The molecule has 4 fully saturated rings. The van der Waals surface area contributed by atoms with Crippen molar-refractivity contribution in [1.29, 1.82) is 0 Å². The zero-order valence-electron chi connectivity index (χ0n) is 39.7. The third kappa shape index (κ3) is 12.3. The van der Waals surface area contributed by atoms with Crippen molar-refractivity contribution in [1.82, 2.24) is 0 Å². The maximum absolute atomic E-state index is 12.6. The second-order valence-electron chi connectivity index (χ2n) is 17.3. The lowest BCUT2D eigenvalue weighted by Gasteiger charge is -2.57. The molecular formula is C45H55N15O12. The van der Waals surface area contributed by atoms with Gasteiger partial charge in [-0.3, -0.25) is 0 Å². The summed E-state index contributed by atoms with van der Waals surface area (Å²) < 4.78 is 70.6. The standard InChI is InChI=1S/C45H55N15O12/c1-44(62-3)45(2,63-4)72-39-33(55-60-50)42(67-32(22-52-57-47)38(39)71-44)69-35-29(53-58-48)20-30(54-59-49)36(34(35)61)70-43-41(66-25-28-18-12-7-13-19-28)40(65-24-27-16-10-6-11-17-27)37(31(68-43)21-51-56-46)64-23-26-14-8-5-9-15-26/h5-19,29-43,61H,20-25H2,1-4H3/t29-,30+,31+,32+,33+,34-,35+,36-,37+,38+,39+,40-,41+,42+,43+,44-,45-/m0/s1. The van der Waals surface area contributed by atoms with E-state index in [-0.39, 0.29) is 39.3 Å². The minimum Gasteiger partial charge on any atom is -0.388 e. The van der Waals surface area contributed by atoms with Gasteiger partial charge >= 0.3 is 0 Å². The number of hydrogen-bond donors (Lipinski definition) is 1. The number of benzene rings is 3. The summed E-state index contributed by atoms with van der Waals surface area (Å²) in [7, 11) is 2.73. The predicted molar refractivity (Wildman–Crippen MR) is 250 cm³/mol. The normalized spacial score (nSPS) is 35.1. The van der Waals surface area contributed by atoms with Crippen LogP contribution in [-0.4, -0.2) is 136 Å². The van der Waals surface area contributed by atoms with E-state index in [0.717, 1.165) is 16.7 Å². The zero-order valence-corrected chi connectivity index (χ0v) is 39.7. The number of nitrogens with zero attached hydrogens (tertiary/aromatic N) is 15. The molecule has 1 saturated carbocycles. The Morgan fingerprint density at radius 1 is 0.542 bits per heavy atom. The van der Waals surface area contributed by atoms with Crippen molar-refractivity contribution in [2.75, 3.05) is 27.3 Å². The molecule has 27 heteroatoms. The fourth-order valence-electron chi connectivity index (χ4n) is 9.21. The average Bonchev–Trinajstić information content (AvgIpc) is 3.40. The van der Waals surface area contributed by atoms with Crippen molar-refractivity contribution in [3.63, 3.8) is 0 Å². The van der Waals surface area contributed by atoms with Crippen LogP contribution >= 0.6 is 0 Å². The highest BCUT2D eigenvalue weighted by molar-refractivity contribution is 5.16. The van der Waals surface area contributed by atoms with Crippen molar-refractivity contribution < 1.29 is 57.2 Å². The second-order valence-corrected chi connectivity index (χ2v) is 17.3. The molecule has 0 unspecified atom stereocenters. The number of azide groups is 5. The van der Waals surface area contributed by atoms with Gasteiger partial charge in [0.05, 0.1) is 69.4 Å². The summed E-state index contributed by atoms with van der Waals surface area (Å²) in [5.74, 6) is -3.19. The van der Waals surface area contributed by atoms with Crippen LogP contribution in [-0.2, 0) is 71.9 Å². The maximum atomic E-state index is 12.6. The highest BCUT2D eigenvalue weighted by Crippen LogP contribution is 2.46. The molecule has 382 valence electrons. The Kier molecular flexibility index (Phi) is 18.9. The SMILES string of the molecule is CO[C@@]1(C)O[C@@H]2[C@@H](N=[N+]=[N-])[C@@H](O[C@H]3[C@H](O)[C@@H](O[C@H]4O[C@H](CN=[N+]=[N-])[C@@H](OCc5ccccc5)[C@H](OCc5ccccc5)[C@H]4OCc4ccccc4)[C@H](N=[N+]=[N-])C[C@@H]3N=[N+]=[N-])O[C@H](CN=[N+]=[N-])[C@H]2O[C@]1(C)OC. The molecule has 0 radical (unpaired) electrons. The monoisotopic (exact) mass is 997 g/mol. The molecule has 3 heterocycles. The van der Waals surface area contributed by atoms with Gasteiger partial charge < -0.3 is 57.2 Å². The zero-order chi connectivity index (χ0) is 51.1. The fraction of sp³-hybridized carbons (Fsp3) is 0.600. The summed E-state index contributed by atoms with van der Waals surface area (Å²) in [6.45, 7) is 2.69. The molecule has 4 aliphatic rings. The maximum Gasteiger partial charge on any atom is 0.220 e. The van der Waals surface area contributed by atoms with Gasteiger partial charge in [0, 0.05) is 38.8 Å². The minimum absolute atomic E-state index is 0.0143. The molecule has 72 heavy (non-hydrogen) atoms. The number of ether oxygens (including phenoxy) is 11. The van der Waals surface area contributed by atoms with Gasteiger partial charge in [-0.15, -0.1) is 0 Å². The van der Waals surface area contributed by atoms with E-state index >= 15 is 0 Å². The van der Waals surface area contributed by atoms with Crippen LogP contribution in [0.1, 0.15) is 37.0 Å². The third-order valence-corrected chi connectivity index (χ3v) is 13.1. The molecule has 1 aliphatic carbocycles. The van der Waals surface area contributed by atoms with Crippen molar-refractivity contribution in [3.8, 4) is 0 Å². The van der Waals surface area contributed by atoms with E-state index in [9.17, 15) is 32.8 Å². The molecule has 1 N–H and O–H groups in total. The van der Waals surface area contributed by atoms with Crippen LogP contribution in [0.2, 0.25) is 0 Å². The van der Waals surface area contributed by atoms with Crippen LogP contribution in [0.3, 0.4) is 0 Å². The first kappa shape index (κ1) is 53.5. The van der Waals surface area contributed by atoms with Crippen molar-refractivity contribution in [3.05, 3.63) is 160 Å². The van der Waals surface area contributed by atoms with Gasteiger partial charge in [-0.25, -0.2) is 0 Å². The number of aliphatic hydroxyl groups excluding tert-OH is 1. The van der Waals surface area contributed by atoms with E-state index in [1.165, 1.54) is 14.2 Å². The van der Waals surface area contributed by atoms with E-state index in [0.29, 0.717) is 0 Å². The molecule has 3 aromatic carbocycles. The number of aliphatic hydroxyl groups is 1. The van der Waals surface area contributed by atoms with E-state index in [1.807, 2.05) is 91.0 Å². The second kappa shape index (κ2) is 25.4. The Hall–Kier alpha value is -6.27. The molecule has 3 saturated heterocycles. The molecule has 3 aliphatic heterocycles. The Morgan fingerprint density at radius 2 is 0.972 bits per heavy atom.